The van der Waals surface area contributed by atoms with Gasteiger partial charge in [-0.25, -0.2) is 18.7 Å². The summed E-state index contributed by atoms with van der Waals surface area (Å²) in [6.07, 6.45) is 1.38. The third-order valence-electron chi connectivity index (χ3n) is 4.29. The van der Waals surface area contributed by atoms with E-state index in [1.165, 1.54) is 42.7 Å². The van der Waals surface area contributed by atoms with Crippen molar-refractivity contribution >= 4 is 23.1 Å². The summed E-state index contributed by atoms with van der Waals surface area (Å²) < 4.78 is 26.5. The summed E-state index contributed by atoms with van der Waals surface area (Å²) in [7, 11) is 0. The number of nitrogens with one attached hydrogen (secondary N) is 2. The van der Waals surface area contributed by atoms with Crippen LogP contribution < -0.4 is 10.6 Å². The highest BCUT2D eigenvalue weighted by atomic mass is 19.1. The van der Waals surface area contributed by atoms with E-state index in [9.17, 15) is 13.6 Å². The van der Waals surface area contributed by atoms with Crippen LogP contribution in [0.4, 0.5) is 26.0 Å². The van der Waals surface area contributed by atoms with Crippen molar-refractivity contribution in [2.75, 3.05) is 10.6 Å². The summed E-state index contributed by atoms with van der Waals surface area (Å²) in [5.74, 6) is -0.545. The smallest absolute Gasteiger partial charge is 0.255 e. The molecule has 0 bridgehead atoms. The van der Waals surface area contributed by atoms with E-state index in [4.69, 9.17) is 0 Å². The predicted molar refractivity (Wildman–Crippen MR) is 112 cm³/mol. The van der Waals surface area contributed by atoms with E-state index >= 15 is 0 Å². The number of carbonyl (C=O) groups excluding carboxylic acids is 1. The molecule has 0 radical (unpaired) electrons. The molecule has 148 valence electrons. The average molecular weight is 402 g/mol. The molecule has 1 heterocycles. The summed E-state index contributed by atoms with van der Waals surface area (Å²) in [6, 6.07) is 20.2. The topological polar surface area (TPSA) is 66.9 Å². The first kappa shape index (κ1) is 19.2. The zero-order chi connectivity index (χ0) is 20.9. The van der Waals surface area contributed by atoms with Crippen LogP contribution in [0.1, 0.15) is 10.4 Å². The molecule has 4 aromatic rings. The number of nitrogens with zero attached hydrogens (tertiary/aromatic N) is 2. The highest BCUT2D eigenvalue weighted by Gasteiger charge is 2.08. The lowest BCUT2D eigenvalue weighted by Gasteiger charge is -2.10. The maximum Gasteiger partial charge on any atom is 0.255 e. The van der Waals surface area contributed by atoms with Gasteiger partial charge < -0.3 is 10.6 Å². The second-order valence-corrected chi connectivity index (χ2v) is 6.47. The molecule has 0 unspecified atom stereocenters. The van der Waals surface area contributed by atoms with Crippen molar-refractivity contribution in [1.29, 1.82) is 0 Å². The Balaban J connectivity index is 1.51. The van der Waals surface area contributed by atoms with Crippen LogP contribution in [0.15, 0.2) is 85.2 Å². The second kappa shape index (κ2) is 8.48. The van der Waals surface area contributed by atoms with Crippen molar-refractivity contribution < 1.29 is 13.6 Å². The standard InChI is InChI=1S/C23H16F2N4O/c24-17-7-9-19(10-8-17)29-23(30)16-4-2-6-20(12-16)28-22-13-21(26-14-27-22)15-3-1-5-18(25)11-15/h1-14H,(H,29,30)(H,26,27,28). The highest BCUT2D eigenvalue weighted by Crippen LogP contribution is 2.22. The number of hydrogen-bond acceptors (Lipinski definition) is 4. The summed E-state index contributed by atoms with van der Waals surface area (Å²) in [5.41, 5.74) is 2.76. The molecule has 7 heteroatoms. The van der Waals surface area contributed by atoms with Crippen LogP contribution in [0.25, 0.3) is 11.3 Å². The molecule has 30 heavy (non-hydrogen) atoms. The van der Waals surface area contributed by atoms with E-state index in [1.54, 1.807) is 42.5 Å². The Kier molecular flexibility index (Phi) is 5.43. The lowest BCUT2D eigenvalue weighted by Crippen LogP contribution is -2.12. The Bertz CT molecular complexity index is 1200. The van der Waals surface area contributed by atoms with Crippen LogP contribution >= 0.6 is 0 Å². The molecule has 0 aliphatic rings. The number of aromatic nitrogens is 2. The molecule has 5 nitrogen and oxygen atoms in total. The van der Waals surface area contributed by atoms with Crippen molar-refractivity contribution in [2.45, 2.75) is 0 Å². The van der Waals surface area contributed by atoms with E-state index in [0.29, 0.717) is 34.0 Å². The molecule has 0 saturated heterocycles. The Hall–Kier alpha value is -4.13. The first-order valence-corrected chi connectivity index (χ1v) is 9.09. The zero-order valence-corrected chi connectivity index (χ0v) is 15.6. The van der Waals surface area contributed by atoms with Crippen molar-refractivity contribution in [3.8, 4) is 11.3 Å². The number of amides is 1. The molecule has 2 N–H and O–H groups in total. The van der Waals surface area contributed by atoms with Crippen molar-refractivity contribution in [2.24, 2.45) is 0 Å². The molecule has 1 amide bonds. The van der Waals surface area contributed by atoms with Crippen LogP contribution in [-0.2, 0) is 0 Å². The lowest BCUT2D eigenvalue weighted by molar-refractivity contribution is 0.102. The number of carbonyl (C=O) groups is 1. The third kappa shape index (κ3) is 4.64. The van der Waals surface area contributed by atoms with Gasteiger partial charge in [-0.05, 0) is 54.6 Å². The van der Waals surface area contributed by atoms with Crippen LogP contribution in [0.3, 0.4) is 0 Å². The SMILES string of the molecule is O=C(Nc1ccc(F)cc1)c1cccc(Nc2cc(-c3cccc(F)c3)ncn2)c1. The summed E-state index contributed by atoms with van der Waals surface area (Å²) in [5, 5.41) is 5.84. The van der Waals surface area contributed by atoms with Gasteiger partial charge in [-0.15, -0.1) is 0 Å². The van der Waals surface area contributed by atoms with Gasteiger partial charge in [-0.1, -0.05) is 18.2 Å². The largest absolute Gasteiger partial charge is 0.340 e. The molecule has 3 aromatic carbocycles. The summed E-state index contributed by atoms with van der Waals surface area (Å²) in [6.45, 7) is 0. The van der Waals surface area contributed by atoms with Gasteiger partial charge >= 0.3 is 0 Å². The second-order valence-electron chi connectivity index (χ2n) is 6.47. The molecular formula is C23H16F2N4O. The van der Waals surface area contributed by atoms with Gasteiger partial charge in [-0.2, -0.15) is 0 Å². The Morgan fingerprint density at radius 2 is 1.57 bits per heavy atom. The average Bonchev–Trinajstić information content (AvgIpc) is 2.76. The molecule has 0 spiro atoms. The first-order chi connectivity index (χ1) is 14.6. The number of benzene rings is 3. The molecular weight excluding hydrogens is 386 g/mol. The molecule has 0 fully saturated rings. The van der Waals surface area contributed by atoms with E-state index in [2.05, 4.69) is 20.6 Å². The van der Waals surface area contributed by atoms with Gasteiger partial charge in [0.2, 0.25) is 0 Å². The van der Waals surface area contributed by atoms with E-state index in [0.717, 1.165) is 0 Å². The van der Waals surface area contributed by atoms with Crippen molar-refractivity contribution in [3.63, 3.8) is 0 Å². The Morgan fingerprint density at radius 1 is 0.767 bits per heavy atom. The summed E-state index contributed by atoms with van der Waals surface area (Å²) >= 11 is 0. The molecule has 0 aliphatic carbocycles. The maximum absolute atomic E-state index is 13.5. The van der Waals surface area contributed by atoms with Crippen molar-refractivity contribution in [3.05, 3.63) is 102 Å². The first-order valence-electron chi connectivity index (χ1n) is 9.09. The molecule has 1 aromatic heterocycles. The Labute approximate surface area is 171 Å². The fraction of sp³-hybridized carbons (Fsp3) is 0. The van der Waals surface area contributed by atoms with Gasteiger partial charge in [0.05, 0.1) is 5.69 Å². The monoisotopic (exact) mass is 402 g/mol. The van der Waals surface area contributed by atoms with Crippen LogP contribution in [0.2, 0.25) is 0 Å². The van der Waals surface area contributed by atoms with Crippen molar-refractivity contribution in [1.82, 2.24) is 9.97 Å². The Morgan fingerprint density at radius 3 is 2.37 bits per heavy atom. The molecule has 4 rings (SSSR count). The van der Waals surface area contributed by atoms with E-state index < -0.39 is 0 Å². The normalized spacial score (nSPS) is 10.5. The highest BCUT2D eigenvalue weighted by molar-refractivity contribution is 6.04. The molecule has 0 saturated carbocycles. The van der Waals surface area contributed by atoms with Crippen LogP contribution in [-0.4, -0.2) is 15.9 Å². The maximum atomic E-state index is 13.5. The van der Waals surface area contributed by atoms with Gasteiger partial charge in [0.25, 0.3) is 5.91 Å². The fourth-order valence-electron chi connectivity index (χ4n) is 2.85. The molecule has 0 atom stereocenters. The van der Waals surface area contributed by atoms with Crippen LogP contribution in [0, 0.1) is 11.6 Å². The lowest BCUT2D eigenvalue weighted by atomic mass is 10.1. The zero-order valence-electron chi connectivity index (χ0n) is 15.6. The van der Waals surface area contributed by atoms with Gasteiger partial charge in [0.15, 0.2) is 0 Å². The third-order valence-corrected chi connectivity index (χ3v) is 4.29. The number of hydrogen-bond donors (Lipinski definition) is 2. The predicted octanol–water partition coefficient (Wildman–Crippen LogP) is 5.42. The quantitative estimate of drug-likeness (QED) is 0.468. The fourth-order valence-corrected chi connectivity index (χ4v) is 2.85. The minimum atomic E-state index is -0.373. The minimum Gasteiger partial charge on any atom is -0.340 e. The minimum absolute atomic E-state index is 0.326. The van der Waals surface area contributed by atoms with Crippen LogP contribution in [0.5, 0.6) is 0 Å². The number of anilines is 3. The van der Waals surface area contributed by atoms with E-state index in [-0.39, 0.29) is 17.5 Å². The van der Waals surface area contributed by atoms with E-state index in [1.807, 2.05) is 0 Å². The number of rotatable bonds is 5. The summed E-state index contributed by atoms with van der Waals surface area (Å²) in [4.78, 5) is 20.8. The molecule has 0 aliphatic heterocycles. The number of halogens is 2. The van der Waals surface area contributed by atoms with Gasteiger partial charge in [0, 0.05) is 28.6 Å². The van der Waals surface area contributed by atoms with Gasteiger partial charge in [-0.3, -0.25) is 4.79 Å². The van der Waals surface area contributed by atoms with Gasteiger partial charge in [0.1, 0.15) is 23.8 Å².